The molecule has 10 heteroatoms. The van der Waals surface area contributed by atoms with E-state index in [0.717, 1.165) is 11.3 Å². The molecule has 32 heavy (non-hydrogen) atoms. The molecule has 0 fully saturated rings. The van der Waals surface area contributed by atoms with Crippen LogP contribution in [0.1, 0.15) is 38.0 Å². The van der Waals surface area contributed by atoms with Crippen molar-refractivity contribution in [3.8, 4) is 0 Å². The summed E-state index contributed by atoms with van der Waals surface area (Å²) in [4.78, 5) is 52.7. The number of ether oxygens (including phenoxy) is 3. The predicted octanol–water partition coefficient (Wildman–Crippen LogP) is 2.58. The first-order valence-corrected chi connectivity index (χ1v) is 10.3. The van der Waals surface area contributed by atoms with Crippen LogP contribution in [0.2, 0.25) is 0 Å². The topological polar surface area (TPSA) is 113 Å². The lowest BCUT2D eigenvalue weighted by Gasteiger charge is -2.05. The Morgan fingerprint density at radius 1 is 0.906 bits per heavy atom. The van der Waals surface area contributed by atoms with Gasteiger partial charge in [-0.2, -0.15) is 4.99 Å². The fourth-order valence-electron chi connectivity index (χ4n) is 2.91. The smallest absolute Gasteiger partial charge is 0.337 e. The molecule has 0 saturated carbocycles. The number of carbonyl (C=O) groups excluding carboxylic acids is 4. The molecule has 1 amide bonds. The highest BCUT2D eigenvalue weighted by atomic mass is 32.1. The zero-order chi connectivity index (χ0) is 23.3. The van der Waals surface area contributed by atoms with E-state index in [0.29, 0.717) is 21.3 Å². The molecule has 0 spiro atoms. The standard InChI is InChI=1S/C22H20N2O7S/c1-4-31-18(25)12-24-16-10-9-15(21(28)30-3)11-17(16)32-22(24)23-19(26)13-5-7-14(8-6-13)20(27)29-2/h5-11H,4,12H2,1-3H3. The van der Waals surface area contributed by atoms with Gasteiger partial charge in [0.25, 0.3) is 5.91 Å². The van der Waals surface area contributed by atoms with Crippen molar-refractivity contribution in [3.63, 3.8) is 0 Å². The number of nitrogens with zero attached hydrogens (tertiary/aromatic N) is 2. The van der Waals surface area contributed by atoms with Crippen molar-refractivity contribution in [1.82, 2.24) is 4.57 Å². The number of esters is 3. The van der Waals surface area contributed by atoms with E-state index >= 15 is 0 Å². The maximum Gasteiger partial charge on any atom is 0.337 e. The van der Waals surface area contributed by atoms with Gasteiger partial charge in [0.05, 0.1) is 42.2 Å². The van der Waals surface area contributed by atoms with Crippen LogP contribution in [-0.2, 0) is 25.5 Å². The van der Waals surface area contributed by atoms with Gasteiger partial charge in [-0.15, -0.1) is 0 Å². The van der Waals surface area contributed by atoms with Crippen molar-refractivity contribution in [2.24, 2.45) is 4.99 Å². The molecule has 3 rings (SSSR count). The number of rotatable bonds is 6. The van der Waals surface area contributed by atoms with Crippen LogP contribution in [0.25, 0.3) is 10.2 Å². The quantitative estimate of drug-likeness (QED) is 0.414. The van der Waals surface area contributed by atoms with E-state index < -0.39 is 23.8 Å². The molecule has 0 atom stereocenters. The van der Waals surface area contributed by atoms with Gasteiger partial charge in [0.2, 0.25) is 0 Å². The molecule has 0 bridgehead atoms. The lowest BCUT2D eigenvalue weighted by molar-refractivity contribution is -0.143. The molecule has 0 aliphatic carbocycles. The molecule has 166 valence electrons. The third-order valence-electron chi connectivity index (χ3n) is 4.45. The van der Waals surface area contributed by atoms with Crippen LogP contribution in [0.4, 0.5) is 0 Å². The van der Waals surface area contributed by atoms with Gasteiger partial charge in [-0.25, -0.2) is 9.59 Å². The SMILES string of the molecule is CCOC(=O)Cn1c(=NC(=O)c2ccc(C(=O)OC)cc2)sc2cc(C(=O)OC)ccc21. The van der Waals surface area contributed by atoms with Crippen LogP contribution in [0, 0.1) is 0 Å². The molecule has 2 aromatic carbocycles. The molecule has 0 saturated heterocycles. The number of amides is 1. The molecule has 1 heterocycles. The molecule has 0 N–H and O–H groups in total. The van der Waals surface area contributed by atoms with E-state index in [1.54, 1.807) is 29.7 Å². The third-order valence-corrected chi connectivity index (χ3v) is 5.49. The zero-order valence-corrected chi connectivity index (χ0v) is 18.4. The fraction of sp³-hybridized carbons (Fsp3) is 0.227. The second-order valence-electron chi connectivity index (χ2n) is 6.44. The van der Waals surface area contributed by atoms with Gasteiger partial charge in [0, 0.05) is 5.56 Å². The largest absolute Gasteiger partial charge is 0.465 e. The number of thiazole rings is 1. The van der Waals surface area contributed by atoms with E-state index in [1.165, 1.54) is 38.5 Å². The summed E-state index contributed by atoms with van der Waals surface area (Å²) >= 11 is 1.15. The van der Waals surface area contributed by atoms with E-state index in [2.05, 4.69) is 9.73 Å². The van der Waals surface area contributed by atoms with Crippen LogP contribution in [0.3, 0.4) is 0 Å². The van der Waals surface area contributed by atoms with Gasteiger partial charge in [0.15, 0.2) is 4.80 Å². The van der Waals surface area contributed by atoms with Crippen molar-refractivity contribution in [3.05, 3.63) is 64.0 Å². The average Bonchev–Trinajstić information content (AvgIpc) is 3.14. The monoisotopic (exact) mass is 456 g/mol. The highest BCUT2D eigenvalue weighted by Gasteiger charge is 2.15. The number of methoxy groups -OCH3 is 2. The van der Waals surface area contributed by atoms with Crippen LogP contribution in [0.15, 0.2) is 47.5 Å². The Morgan fingerprint density at radius 3 is 2.12 bits per heavy atom. The second-order valence-corrected chi connectivity index (χ2v) is 7.44. The maximum atomic E-state index is 12.7. The Bertz CT molecular complexity index is 1260. The van der Waals surface area contributed by atoms with Crippen molar-refractivity contribution in [1.29, 1.82) is 0 Å². The average molecular weight is 456 g/mol. The summed E-state index contributed by atoms with van der Waals surface area (Å²) in [5.41, 5.74) is 1.51. The normalized spacial score (nSPS) is 11.3. The molecule has 1 aromatic heterocycles. The first-order valence-electron chi connectivity index (χ1n) is 9.52. The third kappa shape index (κ3) is 4.92. The zero-order valence-electron chi connectivity index (χ0n) is 17.6. The fourth-order valence-corrected chi connectivity index (χ4v) is 3.98. The van der Waals surface area contributed by atoms with Gasteiger partial charge in [0.1, 0.15) is 6.54 Å². The highest BCUT2D eigenvalue weighted by Crippen LogP contribution is 2.20. The number of hydrogen-bond acceptors (Lipinski definition) is 8. The second kappa shape index (κ2) is 10.0. The minimum atomic E-state index is -0.557. The minimum Gasteiger partial charge on any atom is -0.465 e. The van der Waals surface area contributed by atoms with Gasteiger partial charge in [-0.05, 0) is 49.4 Å². The van der Waals surface area contributed by atoms with Crippen molar-refractivity contribution >= 4 is 45.4 Å². The number of aromatic nitrogens is 1. The summed E-state index contributed by atoms with van der Waals surface area (Å²) in [6, 6.07) is 10.7. The van der Waals surface area contributed by atoms with E-state index in [1.807, 2.05) is 0 Å². The van der Waals surface area contributed by atoms with Crippen molar-refractivity contribution in [2.45, 2.75) is 13.5 Å². The Balaban J connectivity index is 2.06. The molecule has 0 radical (unpaired) electrons. The van der Waals surface area contributed by atoms with Crippen molar-refractivity contribution in [2.75, 3.05) is 20.8 Å². The summed E-state index contributed by atoms with van der Waals surface area (Å²) in [6.45, 7) is 1.76. The predicted molar refractivity (Wildman–Crippen MR) is 115 cm³/mol. The Hall–Kier alpha value is -3.79. The summed E-state index contributed by atoms with van der Waals surface area (Å²) in [6.07, 6.45) is 0. The maximum absolute atomic E-state index is 12.7. The first kappa shape index (κ1) is 22.9. The lowest BCUT2D eigenvalue weighted by Crippen LogP contribution is -2.23. The van der Waals surface area contributed by atoms with Crippen LogP contribution < -0.4 is 4.80 Å². The Labute approximate surface area is 186 Å². The Kier molecular flexibility index (Phi) is 7.16. The molecule has 0 aliphatic rings. The Morgan fingerprint density at radius 2 is 1.50 bits per heavy atom. The van der Waals surface area contributed by atoms with E-state index in [-0.39, 0.29) is 23.5 Å². The minimum absolute atomic E-state index is 0.154. The molecule has 3 aromatic rings. The lowest BCUT2D eigenvalue weighted by atomic mass is 10.1. The number of fused-ring (bicyclic) bond motifs is 1. The summed E-state index contributed by atoms with van der Waals surface area (Å²) < 4.78 is 16.6. The number of benzene rings is 2. The number of hydrogen-bond donors (Lipinski definition) is 0. The molecule has 0 aliphatic heterocycles. The molecule has 0 unspecified atom stereocenters. The number of carbonyl (C=O) groups is 4. The van der Waals surface area contributed by atoms with Crippen LogP contribution in [0.5, 0.6) is 0 Å². The highest BCUT2D eigenvalue weighted by molar-refractivity contribution is 7.16. The summed E-state index contributed by atoms with van der Waals surface area (Å²) in [5, 5.41) is 0. The molecular weight excluding hydrogens is 436 g/mol. The van der Waals surface area contributed by atoms with E-state index in [9.17, 15) is 19.2 Å². The van der Waals surface area contributed by atoms with Gasteiger partial charge in [-0.1, -0.05) is 11.3 Å². The first-order chi connectivity index (χ1) is 15.4. The van der Waals surface area contributed by atoms with E-state index in [4.69, 9.17) is 9.47 Å². The van der Waals surface area contributed by atoms with Crippen molar-refractivity contribution < 1.29 is 33.4 Å². The van der Waals surface area contributed by atoms with Gasteiger partial charge < -0.3 is 18.8 Å². The van der Waals surface area contributed by atoms with Crippen LogP contribution in [-0.4, -0.2) is 49.2 Å². The van der Waals surface area contributed by atoms with Gasteiger partial charge in [-0.3, -0.25) is 9.59 Å². The summed E-state index contributed by atoms with van der Waals surface area (Å²) in [5.74, 6) is -2.06. The van der Waals surface area contributed by atoms with Gasteiger partial charge >= 0.3 is 17.9 Å². The molecular formula is C22H20N2O7S. The van der Waals surface area contributed by atoms with Crippen LogP contribution >= 0.6 is 11.3 Å². The molecule has 9 nitrogen and oxygen atoms in total. The summed E-state index contributed by atoms with van der Waals surface area (Å²) in [7, 11) is 2.55.